The van der Waals surface area contributed by atoms with Crippen molar-refractivity contribution in [2.45, 2.75) is 51.0 Å². The van der Waals surface area contributed by atoms with E-state index in [9.17, 15) is 9.59 Å². The fourth-order valence-corrected chi connectivity index (χ4v) is 5.55. The lowest BCUT2D eigenvalue weighted by Crippen LogP contribution is -2.37. The maximum Gasteiger partial charge on any atom is 0.224 e. The molecule has 186 valence electrons. The second kappa shape index (κ2) is 11.1. The third kappa shape index (κ3) is 5.68. The summed E-state index contributed by atoms with van der Waals surface area (Å²) in [5, 5.41) is 6.36. The van der Waals surface area contributed by atoms with Gasteiger partial charge in [-0.25, -0.2) is 0 Å². The number of carbonyl (C=O) groups excluding carboxylic acids is 2. The Morgan fingerprint density at radius 2 is 1.69 bits per heavy atom. The highest BCUT2D eigenvalue weighted by Gasteiger charge is 2.27. The molecule has 0 saturated heterocycles. The van der Waals surface area contributed by atoms with Crippen molar-refractivity contribution in [1.82, 2.24) is 5.32 Å². The van der Waals surface area contributed by atoms with Crippen molar-refractivity contribution in [1.29, 1.82) is 0 Å². The summed E-state index contributed by atoms with van der Waals surface area (Å²) in [4.78, 5) is 25.1. The molecule has 0 aromatic heterocycles. The molecule has 5 nitrogen and oxygen atoms in total. The lowest BCUT2D eigenvalue weighted by molar-refractivity contribution is -0.127. The molecule has 3 aromatic carbocycles. The number of aryl methyl sites for hydroxylation is 1. The molecule has 1 unspecified atom stereocenters. The van der Waals surface area contributed by atoms with E-state index in [4.69, 9.17) is 5.73 Å². The molecule has 1 aliphatic heterocycles. The van der Waals surface area contributed by atoms with Crippen LogP contribution in [0, 0.1) is 11.8 Å². The van der Waals surface area contributed by atoms with E-state index in [0.29, 0.717) is 18.9 Å². The van der Waals surface area contributed by atoms with Crippen LogP contribution in [0.15, 0.2) is 72.8 Å². The number of carbonyl (C=O) groups is 2. The number of hydrogen-bond donors (Lipinski definition) is 3. The smallest absolute Gasteiger partial charge is 0.224 e. The van der Waals surface area contributed by atoms with Crippen molar-refractivity contribution >= 4 is 17.5 Å². The van der Waals surface area contributed by atoms with Gasteiger partial charge >= 0.3 is 0 Å². The van der Waals surface area contributed by atoms with Crippen molar-refractivity contribution in [2.24, 2.45) is 17.6 Å². The third-order valence-corrected chi connectivity index (χ3v) is 7.77. The summed E-state index contributed by atoms with van der Waals surface area (Å²) in [5.74, 6) is 0.843. The molecule has 5 heteroatoms. The molecular weight excluding hydrogens is 446 g/mol. The fraction of sp³-hybridized carbons (Fsp3) is 0.355. The first-order valence-corrected chi connectivity index (χ1v) is 13.2. The summed E-state index contributed by atoms with van der Waals surface area (Å²) >= 11 is 0. The summed E-state index contributed by atoms with van der Waals surface area (Å²) in [5.41, 5.74) is 12.5. The molecule has 1 fully saturated rings. The zero-order valence-corrected chi connectivity index (χ0v) is 20.7. The van der Waals surface area contributed by atoms with E-state index in [-0.39, 0.29) is 23.8 Å². The van der Waals surface area contributed by atoms with E-state index in [2.05, 4.69) is 59.2 Å². The first-order valence-electron chi connectivity index (χ1n) is 13.2. The molecule has 4 N–H and O–H groups in total. The molecule has 0 spiro atoms. The number of anilines is 1. The van der Waals surface area contributed by atoms with Crippen LogP contribution in [0.1, 0.15) is 54.8 Å². The normalized spacial score (nSPS) is 20.2. The van der Waals surface area contributed by atoms with Crippen LogP contribution in [-0.2, 0) is 22.4 Å². The molecule has 0 bridgehead atoms. The minimum atomic E-state index is -0.107. The monoisotopic (exact) mass is 481 g/mol. The number of nitrogens with two attached hydrogens (primary N) is 1. The molecule has 0 radical (unpaired) electrons. The van der Waals surface area contributed by atoms with Crippen molar-refractivity contribution in [2.75, 3.05) is 11.9 Å². The summed E-state index contributed by atoms with van der Waals surface area (Å²) in [7, 11) is 0. The predicted octanol–water partition coefficient (Wildman–Crippen LogP) is 5.40. The average Bonchev–Trinajstić information content (AvgIpc) is 2.93. The Morgan fingerprint density at radius 3 is 2.47 bits per heavy atom. The first kappa shape index (κ1) is 24.3. The predicted molar refractivity (Wildman–Crippen MR) is 144 cm³/mol. The van der Waals surface area contributed by atoms with Gasteiger partial charge in [-0.1, -0.05) is 54.6 Å². The number of fused-ring (bicyclic) bond motifs is 1. The standard InChI is InChI=1S/C31H35N3O2/c32-20-22-9-11-23(12-10-22)31(36)34-29(17-21-5-2-1-3-6-21)26-8-4-7-24(18-26)25-13-15-28-27(19-25)14-16-30(35)33-28/h1-8,13,15,18-19,22-23,29H,9-12,14,16-17,20,32H2,(H,33,35)(H,34,36). The highest BCUT2D eigenvalue weighted by Crippen LogP contribution is 2.32. The summed E-state index contributed by atoms with van der Waals surface area (Å²) in [6.07, 6.45) is 5.92. The number of benzene rings is 3. The molecule has 3 aromatic rings. The molecule has 1 atom stereocenters. The average molecular weight is 482 g/mol. The summed E-state index contributed by atoms with van der Waals surface area (Å²) in [6, 6.07) is 25.0. The number of rotatable bonds is 7. The molecular formula is C31H35N3O2. The van der Waals surface area contributed by atoms with Gasteiger partial charge in [0.15, 0.2) is 0 Å². The Morgan fingerprint density at radius 1 is 0.917 bits per heavy atom. The first-order chi connectivity index (χ1) is 17.6. The van der Waals surface area contributed by atoms with Gasteiger partial charge in [0.05, 0.1) is 6.04 Å². The second-order valence-electron chi connectivity index (χ2n) is 10.2. The van der Waals surface area contributed by atoms with Crippen LogP contribution in [-0.4, -0.2) is 18.4 Å². The van der Waals surface area contributed by atoms with Crippen molar-refractivity contribution in [3.8, 4) is 11.1 Å². The number of nitrogens with one attached hydrogen (secondary N) is 2. The van der Waals surface area contributed by atoms with Crippen molar-refractivity contribution in [3.05, 3.63) is 89.5 Å². The maximum atomic E-state index is 13.3. The zero-order chi connectivity index (χ0) is 24.9. The minimum Gasteiger partial charge on any atom is -0.349 e. The van der Waals surface area contributed by atoms with Gasteiger partial charge in [0.25, 0.3) is 0 Å². The molecule has 1 heterocycles. The molecule has 5 rings (SSSR count). The van der Waals surface area contributed by atoms with E-state index in [0.717, 1.165) is 60.9 Å². The van der Waals surface area contributed by atoms with Crippen LogP contribution < -0.4 is 16.4 Å². The number of hydrogen-bond acceptors (Lipinski definition) is 3. The largest absolute Gasteiger partial charge is 0.349 e. The van der Waals surface area contributed by atoms with E-state index < -0.39 is 0 Å². The fourth-order valence-electron chi connectivity index (χ4n) is 5.55. The molecule has 36 heavy (non-hydrogen) atoms. The van der Waals surface area contributed by atoms with Crippen LogP contribution >= 0.6 is 0 Å². The molecule has 2 aliphatic rings. The van der Waals surface area contributed by atoms with E-state index in [1.807, 2.05) is 24.3 Å². The van der Waals surface area contributed by atoms with Gasteiger partial charge in [-0.2, -0.15) is 0 Å². The van der Waals surface area contributed by atoms with Gasteiger partial charge in [0.2, 0.25) is 11.8 Å². The molecule has 1 saturated carbocycles. The second-order valence-corrected chi connectivity index (χ2v) is 10.2. The van der Waals surface area contributed by atoms with Crippen molar-refractivity contribution < 1.29 is 9.59 Å². The van der Waals surface area contributed by atoms with Gasteiger partial charge in [-0.05, 0) is 97.0 Å². The minimum absolute atomic E-state index is 0.0603. The van der Waals surface area contributed by atoms with Crippen LogP contribution in [0.5, 0.6) is 0 Å². The Labute approximate surface area is 213 Å². The summed E-state index contributed by atoms with van der Waals surface area (Å²) in [6.45, 7) is 0.715. The van der Waals surface area contributed by atoms with Gasteiger partial charge < -0.3 is 16.4 Å². The maximum absolute atomic E-state index is 13.3. The summed E-state index contributed by atoms with van der Waals surface area (Å²) < 4.78 is 0. The molecule has 2 amide bonds. The SMILES string of the molecule is NCC1CCC(C(=O)NC(Cc2ccccc2)c2cccc(-c3ccc4c(c3)CCC(=O)N4)c2)CC1. The quantitative estimate of drug-likeness (QED) is 0.422. The van der Waals surface area contributed by atoms with E-state index >= 15 is 0 Å². The van der Waals surface area contributed by atoms with Gasteiger partial charge in [-0.3, -0.25) is 9.59 Å². The van der Waals surface area contributed by atoms with Gasteiger partial charge in [-0.15, -0.1) is 0 Å². The van der Waals surface area contributed by atoms with E-state index in [1.54, 1.807) is 0 Å². The zero-order valence-electron chi connectivity index (χ0n) is 20.7. The lowest BCUT2D eigenvalue weighted by Gasteiger charge is -2.29. The highest BCUT2D eigenvalue weighted by molar-refractivity contribution is 5.94. The Bertz CT molecular complexity index is 1220. The van der Waals surface area contributed by atoms with Gasteiger partial charge in [0.1, 0.15) is 0 Å². The van der Waals surface area contributed by atoms with Crippen LogP contribution in [0.4, 0.5) is 5.69 Å². The van der Waals surface area contributed by atoms with E-state index in [1.165, 1.54) is 11.1 Å². The Balaban J connectivity index is 1.39. The lowest BCUT2D eigenvalue weighted by atomic mass is 9.81. The van der Waals surface area contributed by atoms with Gasteiger partial charge in [0, 0.05) is 18.0 Å². The Hall–Kier alpha value is -3.44. The van der Waals surface area contributed by atoms with Crippen LogP contribution in [0.2, 0.25) is 0 Å². The topological polar surface area (TPSA) is 84.2 Å². The van der Waals surface area contributed by atoms with Crippen LogP contribution in [0.3, 0.4) is 0 Å². The third-order valence-electron chi connectivity index (χ3n) is 7.77. The van der Waals surface area contributed by atoms with Crippen molar-refractivity contribution in [3.63, 3.8) is 0 Å². The highest BCUT2D eigenvalue weighted by atomic mass is 16.2. The number of amides is 2. The Kier molecular flexibility index (Phi) is 7.47. The molecule has 1 aliphatic carbocycles. The van der Waals surface area contributed by atoms with Crippen LogP contribution in [0.25, 0.3) is 11.1 Å².